The largest absolute Gasteiger partial charge is 0.511 e. The predicted molar refractivity (Wildman–Crippen MR) is 107 cm³/mol. The lowest BCUT2D eigenvalue weighted by Gasteiger charge is -2.10. The number of nitrogens with zero attached hydrogens (tertiary/aromatic N) is 1. The summed E-state index contributed by atoms with van der Waals surface area (Å²) in [4.78, 5) is 15.7. The summed E-state index contributed by atoms with van der Waals surface area (Å²) in [5.74, 6) is 0.229. The van der Waals surface area contributed by atoms with Crippen molar-refractivity contribution >= 4 is 17.8 Å². The van der Waals surface area contributed by atoms with Crippen molar-refractivity contribution in [3.63, 3.8) is 0 Å². The number of aryl methyl sites for hydroxylation is 1. The SMILES string of the molecule is CCCCc1ccc(-c2cc(OC(=O)O)cc(-c3ccc(Cl)cc3)n2)cc1. The van der Waals surface area contributed by atoms with Gasteiger partial charge in [-0.25, -0.2) is 9.78 Å². The molecule has 0 amide bonds. The van der Waals surface area contributed by atoms with Gasteiger partial charge in [-0.05, 0) is 30.5 Å². The van der Waals surface area contributed by atoms with Gasteiger partial charge in [0.05, 0.1) is 11.4 Å². The van der Waals surface area contributed by atoms with Gasteiger partial charge in [-0.1, -0.05) is 61.3 Å². The van der Waals surface area contributed by atoms with Crippen molar-refractivity contribution in [2.75, 3.05) is 0 Å². The molecule has 0 saturated carbocycles. The van der Waals surface area contributed by atoms with Crippen LogP contribution >= 0.6 is 11.6 Å². The van der Waals surface area contributed by atoms with Gasteiger partial charge in [0.15, 0.2) is 0 Å². The lowest BCUT2D eigenvalue weighted by molar-refractivity contribution is 0.144. The lowest BCUT2D eigenvalue weighted by atomic mass is 10.0. The molecule has 5 heteroatoms. The number of carbonyl (C=O) groups is 1. The minimum absolute atomic E-state index is 0.229. The number of ether oxygens (including phenoxy) is 1. The Balaban J connectivity index is 1.99. The van der Waals surface area contributed by atoms with Crippen molar-refractivity contribution in [2.45, 2.75) is 26.2 Å². The number of pyridine rings is 1. The van der Waals surface area contributed by atoms with E-state index in [9.17, 15) is 4.79 Å². The molecule has 0 aliphatic heterocycles. The fourth-order valence-electron chi connectivity index (χ4n) is 2.80. The molecule has 1 heterocycles. The summed E-state index contributed by atoms with van der Waals surface area (Å²) in [6.07, 6.45) is 1.99. The second kappa shape index (κ2) is 8.69. The number of halogens is 1. The Labute approximate surface area is 163 Å². The van der Waals surface area contributed by atoms with Crippen LogP contribution in [0, 0.1) is 0 Å². The molecule has 0 atom stereocenters. The highest BCUT2D eigenvalue weighted by Gasteiger charge is 2.11. The van der Waals surface area contributed by atoms with Crippen LogP contribution in [0.1, 0.15) is 25.3 Å². The van der Waals surface area contributed by atoms with Gasteiger partial charge < -0.3 is 9.84 Å². The summed E-state index contributed by atoms with van der Waals surface area (Å²) in [7, 11) is 0. The molecule has 2 aromatic carbocycles. The molecule has 0 bridgehead atoms. The van der Waals surface area contributed by atoms with Crippen LogP contribution < -0.4 is 4.74 Å². The van der Waals surface area contributed by atoms with Crippen LogP contribution in [0.3, 0.4) is 0 Å². The number of aromatic nitrogens is 1. The average Bonchev–Trinajstić information content (AvgIpc) is 2.66. The van der Waals surface area contributed by atoms with Crippen molar-refractivity contribution in [3.8, 4) is 28.3 Å². The monoisotopic (exact) mass is 381 g/mol. The van der Waals surface area contributed by atoms with Crippen LogP contribution in [0.4, 0.5) is 4.79 Å². The molecular weight excluding hydrogens is 362 g/mol. The van der Waals surface area contributed by atoms with Gasteiger partial charge in [-0.15, -0.1) is 0 Å². The third-order valence-corrected chi connectivity index (χ3v) is 4.46. The molecule has 0 unspecified atom stereocenters. The number of hydrogen-bond acceptors (Lipinski definition) is 3. The third kappa shape index (κ3) is 5.08. The van der Waals surface area contributed by atoms with Crippen molar-refractivity contribution in [1.29, 1.82) is 0 Å². The second-order valence-corrected chi connectivity index (χ2v) is 6.69. The van der Waals surface area contributed by atoms with Crippen LogP contribution in [0.15, 0.2) is 60.7 Å². The maximum absolute atomic E-state index is 11.0. The maximum atomic E-state index is 11.0. The Bertz CT molecular complexity index is 921. The second-order valence-electron chi connectivity index (χ2n) is 6.25. The Hall–Kier alpha value is -2.85. The van der Waals surface area contributed by atoms with E-state index in [1.165, 1.54) is 5.56 Å². The normalized spacial score (nSPS) is 10.6. The highest BCUT2D eigenvalue weighted by atomic mass is 35.5. The maximum Gasteiger partial charge on any atom is 0.511 e. The van der Waals surface area contributed by atoms with E-state index in [0.29, 0.717) is 16.4 Å². The first-order valence-corrected chi connectivity index (χ1v) is 9.21. The fourth-order valence-corrected chi connectivity index (χ4v) is 2.93. The van der Waals surface area contributed by atoms with Crippen LogP contribution in [0.25, 0.3) is 22.5 Å². The van der Waals surface area contributed by atoms with Gasteiger partial charge >= 0.3 is 6.16 Å². The standard InChI is InChI=1S/C22H20ClNO3/c1-2-3-4-15-5-7-16(8-6-15)20-13-19(27-22(25)26)14-21(24-20)17-9-11-18(23)12-10-17/h5-14H,2-4H2,1H3,(H,25,26). The number of carboxylic acid groups (broad SMARTS) is 1. The topological polar surface area (TPSA) is 59.4 Å². The van der Waals surface area contributed by atoms with E-state index in [4.69, 9.17) is 21.4 Å². The van der Waals surface area contributed by atoms with E-state index in [0.717, 1.165) is 30.4 Å². The first-order valence-electron chi connectivity index (χ1n) is 8.83. The Morgan fingerprint density at radius 3 is 2.07 bits per heavy atom. The van der Waals surface area contributed by atoms with Crippen LogP contribution in [0.2, 0.25) is 5.02 Å². The van der Waals surface area contributed by atoms with E-state index in [1.54, 1.807) is 24.3 Å². The van der Waals surface area contributed by atoms with Crippen LogP contribution in [-0.2, 0) is 6.42 Å². The van der Waals surface area contributed by atoms with E-state index in [-0.39, 0.29) is 5.75 Å². The van der Waals surface area contributed by atoms with Crippen molar-refractivity contribution in [2.24, 2.45) is 0 Å². The van der Waals surface area contributed by atoms with Crippen LogP contribution in [0.5, 0.6) is 5.75 Å². The summed E-state index contributed by atoms with van der Waals surface area (Å²) in [5.41, 5.74) is 4.28. The highest BCUT2D eigenvalue weighted by Crippen LogP contribution is 2.29. The Morgan fingerprint density at radius 1 is 1.00 bits per heavy atom. The van der Waals surface area contributed by atoms with Crippen molar-refractivity contribution < 1.29 is 14.6 Å². The molecule has 4 nitrogen and oxygen atoms in total. The summed E-state index contributed by atoms with van der Waals surface area (Å²) in [6.45, 7) is 2.17. The molecule has 3 aromatic rings. The van der Waals surface area contributed by atoms with Gasteiger partial charge in [0, 0.05) is 28.3 Å². The number of benzene rings is 2. The van der Waals surface area contributed by atoms with Crippen LogP contribution in [-0.4, -0.2) is 16.2 Å². The quantitative estimate of drug-likeness (QED) is 0.497. The lowest BCUT2D eigenvalue weighted by Crippen LogP contribution is -2.04. The molecule has 138 valence electrons. The number of hydrogen-bond donors (Lipinski definition) is 1. The zero-order valence-corrected chi connectivity index (χ0v) is 15.7. The summed E-state index contributed by atoms with van der Waals surface area (Å²) in [5, 5.41) is 9.61. The van der Waals surface area contributed by atoms with Gasteiger partial charge in [0.25, 0.3) is 0 Å². The molecule has 1 aromatic heterocycles. The van der Waals surface area contributed by atoms with Gasteiger partial charge in [0.2, 0.25) is 0 Å². The van der Waals surface area contributed by atoms with Gasteiger partial charge in [0.1, 0.15) is 5.75 Å². The van der Waals surface area contributed by atoms with E-state index >= 15 is 0 Å². The zero-order chi connectivity index (χ0) is 19.2. The minimum Gasteiger partial charge on any atom is -0.449 e. The minimum atomic E-state index is -1.36. The molecule has 0 radical (unpaired) electrons. The summed E-state index contributed by atoms with van der Waals surface area (Å²) >= 11 is 5.95. The third-order valence-electron chi connectivity index (χ3n) is 4.21. The first-order chi connectivity index (χ1) is 13.0. The predicted octanol–water partition coefficient (Wildman–Crippen LogP) is 6.47. The fraction of sp³-hybridized carbons (Fsp3) is 0.182. The molecule has 3 rings (SSSR count). The first kappa shape index (κ1) is 18.9. The Morgan fingerprint density at radius 2 is 1.56 bits per heavy atom. The smallest absolute Gasteiger partial charge is 0.449 e. The average molecular weight is 382 g/mol. The molecule has 0 aliphatic carbocycles. The number of rotatable bonds is 6. The van der Waals surface area contributed by atoms with Crippen molar-refractivity contribution in [1.82, 2.24) is 4.98 Å². The Kier molecular flexibility index (Phi) is 6.09. The van der Waals surface area contributed by atoms with E-state index in [2.05, 4.69) is 24.0 Å². The molecular formula is C22H20ClNO3. The molecule has 1 N–H and O–H groups in total. The summed E-state index contributed by atoms with van der Waals surface area (Å²) in [6, 6.07) is 18.6. The molecule has 0 saturated heterocycles. The van der Waals surface area contributed by atoms with Gasteiger partial charge in [-0.3, -0.25) is 0 Å². The molecule has 27 heavy (non-hydrogen) atoms. The highest BCUT2D eigenvalue weighted by molar-refractivity contribution is 6.30. The molecule has 0 fully saturated rings. The van der Waals surface area contributed by atoms with E-state index in [1.807, 2.05) is 24.3 Å². The van der Waals surface area contributed by atoms with Gasteiger partial charge in [-0.2, -0.15) is 0 Å². The summed E-state index contributed by atoms with van der Waals surface area (Å²) < 4.78 is 4.89. The number of unbranched alkanes of at least 4 members (excludes halogenated alkanes) is 1. The molecule has 0 aliphatic rings. The molecule has 0 spiro atoms. The van der Waals surface area contributed by atoms with Crippen molar-refractivity contribution in [3.05, 3.63) is 71.2 Å². The van der Waals surface area contributed by atoms with E-state index < -0.39 is 6.16 Å². The zero-order valence-electron chi connectivity index (χ0n) is 15.0.